The van der Waals surface area contributed by atoms with Crippen LogP contribution in [0.15, 0.2) is 36.7 Å². The van der Waals surface area contributed by atoms with E-state index in [1.807, 2.05) is 12.1 Å². The van der Waals surface area contributed by atoms with Gasteiger partial charge in [0.2, 0.25) is 0 Å². The highest BCUT2D eigenvalue weighted by Gasteiger charge is 2.34. The zero-order valence-electron chi connectivity index (χ0n) is 16.3. The number of halogens is 3. The Hall–Kier alpha value is -3.17. The lowest BCUT2D eigenvalue weighted by molar-refractivity contribution is -0.141. The Morgan fingerprint density at radius 2 is 1.83 bits per heavy atom. The number of fused-ring (bicyclic) bond motifs is 1. The van der Waals surface area contributed by atoms with Crippen LogP contribution in [0, 0.1) is 0 Å². The zero-order valence-corrected chi connectivity index (χ0v) is 16.3. The fraction of sp³-hybridized carbons (Fsp3) is 0.368. The maximum atomic E-state index is 13.2. The highest BCUT2D eigenvalue weighted by molar-refractivity contribution is 5.80. The van der Waals surface area contributed by atoms with Gasteiger partial charge >= 0.3 is 12.1 Å². The van der Waals surface area contributed by atoms with Gasteiger partial charge in [0, 0.05) is 6.07 Å². The Kier molecular flexibility index (Phi) is 5.20. The second kappa shape index (κ2) is 7.34. The van der Waals surface area contributed by atoms with E-state index in [1.54, 1.807) is 12.1 Å². The highest BCUT2D eigenvalue weighted by atomic mass is 19.4. The minimum atomic E-state index is -4.68. The Labute approximate surface area is 164 Å². The summed E-state index contributed by atoms with van der Waals surface area (Å²) in [6, 6.07) is 6.93. The molecule has 3 aromatic rings. The van der Waals surface area contributed by atoms with E-state index in [0.29, 0.717) is 5.56 Å². The molecular weight excluding hydrogens is 387 g/mol. The first-order chi connectivity index (χ1) is 13.5. The molecule has 0 bridgehead atoms. The number of benzene rings is 1. The van der Waals surface area contributed by atoms with E-state index >= 15 is 0 Å². The molecule has 0 saturated carbocycles. The summed E-state index contributed by atoms with van der Waals surface area (Å²) in [7, 11) is 1.21. The minimum absolute atomic E-state index is 0.0878. The van der Waals surface area contributed by atoms with Gasteiger partial charge in [-0.2, -0.15) is 27.8 Å². The molecule has 1 unspecified atom stereocenters. The van der Waals surface area contributed by atoms with Crippen LogP contribution in [-0.2, 0) is 21.1 Å². The van der Waals surface area contributed by atoms with Crippen molar-refractivity contribution in [1.29, 1.82) is 0 Å². The number of nitrogens with zero attached hydrogens (tertiary/aromatic N) is 4. The Balaban J connectivity index is 2.04. The average Bonchev–Trinajstić information content (AvgIpc) is 3.13. The summed E-state index contributed by atoms with van der Waals surface area (Å²) < 4.78 is 45.5. The van der Waals surface area contributed by atoms with Crippen LogP contribution >= 0.6 is 0 Å². The van der Waals surface area contributed by atoms with Crippen molar-refractivity contribution in [2.75, 3.05) is 12.4 Å². The van der Waals surface area contributed by atoms with Gasteiger partial charge in [-0.15, -0.1) is 0 Å². The van der Waals surface area contributed by atoms with Crippen molar-refractivity contribution in [3.05, 3.63) is 53.5 Å². The molecule has 0 fully saturated rings. The molecule has 1 aromatic carbocycles. The predicted octanol–water partition coefficient (Wildman–Crippen LogP) is 3.77. The van der Waals surface area contributed by atoms with Crippen molar-refractivity contribution >= 4 is 17.6 Å². The molecule has 2 heterocycles. The van der Waals surface area contributed by atoms with Crippen LogP contribution in [-0.4, -0.2) is 32.7 Å². The normalized spacial score (nSPS) is 13.3. The van der Waals surface area contributed by atoms with Gasteiger partial charge in [0.15, 0.2) is 11.7 Å². The zero-order chi connectivity index (χ0) is 21.4. The van der Waals surface area contributed by atoms with Crippen LogP contribution in [0.3, 0.4) is 0 Å². The van der Waals surface area contributed by atoms with Crippen LogP contribution in [0.4, 0.5) is 19.0 Å². The van der Waals surface area contributed by atoms with Crippen LogP contribution in [0.25, 0.3) is 5.78 Å². The molecule has 0 aliphatic carbocycles. The second-order valence-corrected chi connectivity index (χ2v) is 7.47. The van der Waals surface area contributed by atoms with E-state index < -0.39 is 23.9 Å². The van der Waals surface area contributed by atoms with Gasteiger partial charge in [-0.05, 0) is 16.5 Å². The fourth-order valence-electron chi connectivity index (χ4n) is 2.78. The molecule has 0 amide bonds. The Bertz CT molecular complexity index is 1020. The van der Waals surface area contributed by atoms with Gasteiger partial charge < -0.3 is 10.1 Å². The first kappa shape index (κ1) is 20.6. The summed E-state index contributed by atoms with van der Waals surface area (Å²) in [6.07, 6.45) is -3.60. The summed E-state index contributed by atoms with van der Waals surface area (Å²) in [5.41, 5.74) is 0.342. The summed E-state index contributed by atoms with van der Waals surface area (Å²) >= 11 is 0. The highest BCUT2D eigenvalue weighted by Crippen LogP contribution is 2.31. The molecule has 1 N–H and O–H groups in total. The topological polar surface area (TPSA) is 81.4 Å². The smallest absolute Gasteiger partial charge is 0.433 e. The maximum Gasteiger partial charge on any atom is 0.433 e. The number of rotatable bonds is 4. The largest absolute Gasteiger partial charge is 0.467 e. The minimum Gasteiger partial charge on any atom is -0.467 e. The molecule has 0 aliphatic rings. The van der Waals surface area contributed by atoms with Gasteiger partial charge in [0.25, 0.3) is 5.78 Å². The van der Waals surface area contributed by atoms with E-state index in [1.165, 1.54) is 7.11 Å². The number of esters is 1. The molecule has 0 aliphatic heterocycles. The maximum absolute atomic E-state index is 13.2. The molecular formula is C19H20F3N5O2. The summed E-state index contributed by atoms with van der Waals surface area (Å²) in [5, 5.41) is 6.67. The van der Waals surface area contributed by atoms with Crippen molar-refractivity contribution < 1.29 is 22.7 Å². The van der Waals surface area contributed by atoms with Crippen molar-refractivity contribution in [1.82, 2.24) is 19.6 Å². The van der Waals surface area contributed by atoms with Crippen LogP contribution in [0.1, 0.15) is 43.6 Å². The van der Waals surface area contributed by atoms with Gasteiger partial charge in [-0.3, -0.25) is 0 Å². The number of aromatic nitrogens is 4. The molecule has 1 atom stereocenters. The monoisotopic (exact) mass is 407 g/mol. The number of anilines is 1. The first-order valence-corrected chi connectivity index (χ1v) is 8.73. The number of carbonyl (C=O) groups is 1. The fourth-order valence-corrected chi connectivity index (χ4v) is 2.78. The molecule has 3 rings (SSSR count). The van der Waals surface area contributed by atoms with Gasteiger partial charge in [-0.1, -0.05) is 45.0 Å². The lowest BCUT2D eigenvalue weighted by atomic mass is 9.86. The second-order valence-electron chi connectivity index (χ2n) is 7.47. The molecule has 0 saturated heterocycles. The number of nitrogens with one attached hydrogen (secondary N) is 1. The number of ether oxygens (including phenoxy) is 1. The quantitative estimate of drug-likeness (QED) is 0.663. The van der Waals surface area contributed by atoms with Crippen LogP contribution in [0.5, 0.6) is 0 Å². The molecule has 29 heavy (non-hydrogen) atoms. The molecule has 2 aromatic heterocycles. The van der Waals surface area contributed by atoms with Crippen molar-refractivity contribution in [3.63, 3.8) is 0 Å². The lowest BCUT2D eigenvalue weighted by Crippen LogP contribution is -2.24. The van der Waals surface area contributed by atoms with Crippen LogP contribution < -0.4 is 5.32 Å². The van der Waals surface area contributed by atoms with E-state index in [2.05, 4.69) is 41.2 Å². The summed E-state index contributed by atoms with van der Waals surface area (Å²) in [4.78, 5) is 19.6. The van der Waals surface area contributed by atoms with Gasteiger partial charge in [0.05, 0.1) is 7.11 Å². The number of methoxy groups -OCH3 is 1. The summed E-state index contributed by atoms with van der Waals surface area (Å²) in [6.45, 7) is 6.15. The van der Waals surface area contributed by atoms with Crippen molar-refractivity contribution in [3.8, 4) is 0 Å². The van der Waals surface area contributed by atoms with E-state index in [9.17, 15) is 18.0 Å². The van der Waals surface area contributed by atoms with E-state index in [0.717, 1.165) is 22.5 Å². The van der Waals surface area contributed by atoms with Crippen molar-refractivity contribution in [2.45, 2.75) is 38.4 Å². The Morgan fingerprint density at radius 3 is 2.38 bits per heavy atom. The Morgan fingerprint density at radius 1 is 1.17 bits per heavy atom. The van der Waals surface area contributed by atoms with Gasteiger partial charge in [-0.25, -0.2) is 9.78 Å². The number of hydrogen-bond donors (Lipinski definition) is 1. The van der Waals surface area contributed by atoms with Gasteiger partial charge in [0.1, 0.15) is 12.1 Å². The number of alkyl halides is 3. The standard InChI is InChI=1S/C19H20F3N5O2/c1-18(2,3)12-7-5-11(6-8-12)15(16(28)29-4)26-14-9-13(19(20,21)22)25-17-23-10-24-27(14)17/h5-10,15,26H,1-4H3. The summed E-state index contributed by atoms with van der Waals surface area (Å²) in [5.74, 6) is -0.990. The molecule has 7 nitrogen and oxygen atoms in total. The first-order valence-electron chi connectivity index (χ1n) is 8.73. The lowest BCUT2D eigenvalue weighted by Gasteiger charge is -2.22. The SMILES string of the molecule is COC(=O)C(Nc1cc(C(F)(F)F)nc2ncnn12)c1ccc(C(C)(C)C)cc1. The van der Waals surface area contributed by atoms with E-state index in [-0.39, 0.29) is 17.0 Å². The number of hydrogen-bond acceptors (Lipinski definition) is 6. The number of carbonyl (C=O) groups excluding carboxylic acids is 1. The predicted molar refractivity (Wildman–Crippen MR) is 99.3 cm³/mol. The molecule has 154 valence electrons. The third-order valence-corrected chi connectivity index (χ3v) is 4.38. The third-order valence-electron chi connectivity index (χ3n) is 4.38. The third kappa shape index (κ3) is 4.30. The average molecular weight is 407 g/mol. The van der Waals surface area contributed by atoms with Crippen molar-refractivity contribution in [2.24, 2.45) is 0 Å². The molecule has 0 radical (unpaired) electrons. The molecule has 10 heteroatoms. The molecule has 0 spiro atoms. The van der Waals surface area contributed by atoms with Crippen LogP contribution in [0.2, 0.25) is 0 Å². The van der Waals surface area contributed by atoms with E-state index in [4.69, 9.17) is 4.74 Å².